The molecule has 0 amide bonds. The monoisotopic (exact) mass is 270 g/mol. The Hall–Kier alpha value is -2.67. The molecule has 0 saturated carbocycles. The molecule has 0 heterocycles. The Morgan fingerprint density at radius 2 is 1.24 bits per heavy atom. The minimum absolute atomic E-state index is 0.134. The molecule has 0 atom stereocenters. The number of carbonyl (C=O) groups excluding carboxylic acids is 1. The summed E-state index contributed by atoms with van der Waals surface area (Å²) in [5, 5.41) is 0. The van der Waals surface area contributed by atoms with Crippen molar-refractivity contribution in [1.82, 2.24) is 0 Å². The van der Waals surface area contributed by atoms with E-state index in [1.54, 1.807) is 0 Å². The molecule has 0 radical (unpaired) electrons. The van der Waals surface area contributed by atoms with Gasteiger partial charge in [-0.25, -0.2) is 0 Å². The molecular formula is C20H14O. The highest BCUT2D eigenvalue weighted by molar-refractivity contribution is 6.22. The summed E-state index contributed by atoms with van der Waals surface area (Å²) in [6.45, 7) is 2.08. The zero-order valence-corrected chi connectivity index (χ0v) is 11.8. The van der Waals surface area contributed by atoms with Crippen LogP contribution in [0.1, 0.15) is 21.5 Å². The molecule has 0 N–H and O–H groups in total. The quantitative estimate of drug-likeness (QED) is 0.482. The molecule has 0 fully saturated rings. The van der Waals surface area contributed by atoms with Crippen LogP contribution >= 0.6 is 0 Å². The van der Waals surface area contributed by atoms with Crippen molar-refractivity contribution in [2.45, 2.75) is 6.92 Å². The highest BCUT2D eigenvalue weighted by Gasteiger charge is 2.26. The van der Waals surface area contributed by atoms with E-state index >= 15 is 0 Å². The molecule has 0 aromatic heterocycles. The van der Waals surface area contributed by atoms with Crippen molar-refractivity contribution in [2.75, 3.05) is 0 Å². The smallest absolute Gasteiger partial charge is 0.194 e. The number of ketones is 1. The van der Waals surface area contributed by atoms with Gasteiger partial charge in [-0.15, -0.1) is 0 Å². The Kier molecular flexibility index (Phi) is 2.55. The molecule has 0 bridgehead atoms. The molecule has 1 nitrogen and oxygen atoms in total. The zero-order valence-electron chi connectivity index (χ0n) is 11.8. The SMILES string of the molecule is Cc1ccc(-c2ccc3c(c2)C(=O)c2ccccc2-3)cc1. The van der Waals surface area contributed by atoms with Crippen molar-refractivity contribution in [3.8, 4) is 22.3 Å². The van der Waals surface area contributed by atoms with E-state index in [1.165, 1.54) is 5.56 Å². The molecular weight excluding hydrogens is 256 g/mol. The zero-order chi connectivity index (χ0) is 14.4. The molecule has 100 valence electrons. The summed E-state index contributed by atoms with van der Waals surface area (Å²) >= 11 is 0. The summed E-state index contributed by atoms with van der Waals surface area (Å²) in [5.74, 6) is 0.134. The summed E-state index contributed by atoms with van der Waals surface area (Å²) in [6.07, 6.45) is 0. The fourth-order valence-electron chi connectivity index (χ4n) is 2.95. The number of fused-ring (bicyclic) bond motifs is 3. The van der Waals surface area contributed by atoms with Crippen LogP contribution in [0, 0.1) is 6.92 Å². The average molecular weight is 270 g/mol. The van der Waals surface area contributed by atoms with E-state index < -0.39 is 0 Å². The van der Waals surface area contributed by atoms with Gasteiger partial charge in [-0.1, -0.05) is 66.2 Å². The minimum atomic E-state index is 0.134. The Bertz CT molecular complexity index is 857. The third-order valence-electron chi connectivity index (χ3n) is 4.11. The maximum Gasteiger partial charge on any atom is 0.194 e. The first kappa shape index (κ1) is 12.1. The van der Waals surface area contributed by atoms with Gasteiger partial charge in [0.1, 0.15) is 0 Å². The lowest BCUT2D eigenvalue weighted by Crippen LogP contribution is -1.95. The first-order valence-corrected chi connectivity index (χ1v) is 7.09. The van der Waals surface area contributed by atoms with Crippen LogP contribution in [0.15, 0.2) is 66.7 Å². The predicted molar refractivity (Wildman–Crippen MR) is 85.5 cm³/mol. The maximum atomic E-state index is 12.5. The van der Waals surface area contributed by atoms with Crippen molar-refractivity contribution in [3.05, 3.63) is 83.4 Å². The fourth-order valence-corrected chi connectivity index (χ4v) is 2.95. The number of hydrogen-bond acceptors (Lipinski definition) is 1. The van der Waals surface area contributed by atoms with E-state index in [9.17, 15) is 4.79 Å². The van der Waals surface area contributed by atoms with Gasteiger partial charge in [-0.3, -0.25) is 4.79 Å². The van der Waals surface area contributed by atoms with Crippen LogP contribution in [0.5, 0.6) is 0 Å². The Morgan fingerprint density at radius 1 is 0.619 bits per heavy atom. The van der Waals surface area contributed by atoms with E-state index in [0.717, 1.165) is 33.4 Å². The molecule has 0 saturated heterocycles. The largest absolute Gasteiger partial charge is 0.289 e. The number of rotatable bonds is 1. The molecule has 0 unspecified atom stereocenters. The topological polar surface area (TPSA) is 17.1 Å². The molecule has 0 spiro atoms. The lowest BCUT2D eigenvalue weighted by atomic mass is 9.98. The van der Waals surface area contributed by atoms with Gasteiger partial charge in [0.05, 0.1) is 0 Å². The highest BCUT2D eigenvalue weighted by atomic mass is 16.1. The fraction of sp³-hybridized carbons (Fsp3) is 0.0500. The van der Waals surface area contributed by atoms with Gasteiger partial charge in [0.15, 0.2) is 5.78 Å². The van der Waals surface area contributed by atoms with E-state index in [-0.39, 0.29) is 5.78 Å². The van der Waals surface area contributed by atoms with E-state index in [0.29, 0.717) is 0 Å². The Balaban J connectivity index is 1.87. The van der Waals surface area contributed by atoms with E-state index in [2.05, 4.69) is 43.3 Å². The Labute approximate surface area is 123 Å². The van der Waals surface area contributed by atoms with Crippen molar-refractivity contribution in [2.24, 2.45) is 0 Å². The van der Waals surface area contributed by atoms with E-state index in [4.69, 9.17) is 0 Å². The summed E-state index contributed by atoms with van der Waals surface area (Å²) in [7, 11) is 0. The van der Waals surface area contributed by atoms with Crippen molar-refractivity contribution in [3.63, 3.8) is 0 Å². The number of benzene rings is 3. The maximum absolute atomic E-state index is 12.5. The molecule has 0 aliphatic heterocycles. The predicted octanol–water partition coefficient (Wildman–Crippen LogP) is 4.87. The van der Waals surface area contributed by atoms with Crippen LogP contribution in [-0.4, -0.2) is 5.78 Å². The molecule has 3 aromatic carbocycles. The van der Waals surface area contributed by atoms with Gasteiger partial charge in [-0.2, -0.15) is 0 Å². The van der Waals surface area contributed by atoms with Crippen molar-refractivity contribution >= 4 is 5.78 Å². The van der Waals surface area contributed by atoms with Crippen LogP contribution in [-0.2, 0) is 0 Å². The number of aryl methyl sites for hydroxylation is 1. The molecule has 1 heteroatoms. The minimum Gasteiger partial charge on any atom is -0.289 e. The molecule has 1 aliphatic carbocycles. The molecule has 4 rings (SSSR count). The summed E-state index contributed by atoms with van der Waals surface area (Å²) in [5.41, 5.74) is 7.20. The van der Waals surface area contributed by atoms with E-state index in [1.807, 2.05) is 30.3 Å². The first-order valence-electron chi connectivity index (χ1n) is 7.09. The second kappa shape index (κ2) is 4.42. The first-order chi connectivity index (χ1) is 10.2. The van der Waals surface area contributed by atoms with Gasteiger partial charge in [-0.05, 0) is 35.2 Å². The van der Waals surface area contributed by atoms with Crippen molar-refractivity contribution in [1.29, 1.82) is 0 Å². The van der Waals surface area contributed by atoms with Gasteiger partial charge in [0.25, 0.3) is 0 Å². The summed E-state index contributed by atoms with van der Waals surface area (Å²) in [4.78, 5) is 12.5. The highest BCUT2D eigenvalue weighted by Crippen LogP contribution is 2.38. The lowest BCUT2D eigenvalue weighted by molar-refractivity contribution is 0.104. The second-order valence-electron chi connectivity index (χ2n) is 5.50. The van der Waals surface area contributed by atoms with Gasteiger partial charge < -0.3 is 0 Å². The lowest BCUT2D eigenvalue weighted by Gasteiger charge is -2.05. The van der Waals surface area contributed by atoms with Gasteiger partial charge >= 0.3 is 0 Å². The average Bonchev–Trinajstić information content (AvgIpc) is 2.81. The number of hydrogen-bond donors (Lipinski definition) is 0. The van der Waals surface area contributed by atoms with Crippen LogP contribution in [0.25, 0.3) is 22.3 Å². The normalized spacial score (nSPS) is 12.1. The molecule has 3 aromatic rings. The third kappa shape index (κ3) is 1.82. The standard InChI is InChI=1S/C20H14O/c1-13-6-8-14(9-7-13)15-10-11-17-16-4-2-3-5-18(16)20(21)19(17)12-15/h2-12H,1H3. The van der Waals surface area contributed by atoms with Crippen LogP contribution in [0.2, 0.25) is 0 Å². The van der Waals surface area contributed by atoms with Gasteiger partial charge in [0, 0.05) is 11.1 Å². The summed E-state index contributed by atoms with van der Waals surface area (Å²) in [6, 6.07) is 22.4. The summed E-state index contributed by atoms with van der Waals surface area (Å²) < 4.78 is 0. The number of carbonyl (C=O) groups is 1. The third-order valence-corrected chi connectivity index (χ3v) is 4.11. The van der Waals surface area contributed by atoms with Crippen LogP contribution < -0.4 is 0 Å². The second-order valence-corrected chi connectivity index (χ2v) is 5.50. The molecule has 21 heavy (non-hydrogen) atoms. The van der Waals surface area contributed by atoms with Crippen molar-refractivity contribution < 1.29 is 4.79 Å². The van der Waals surface area contributed by atoms with Crippen LogP contribution in [0.4, 0.5) is 0 Å². The Morgan fingerprint density at radius 3 is 2.00 bits per heavy atom. The van der Waals surface area contributed by atoms with Gasteiger partial charge in [0.2, 0.25) is 0 Å². The molecule has 1 aliphatic rings. The van der Waals surface area contributed by atoms with Crippen LogP contribution in [0.3, 0.4) is 0 Å².